The Kier molecular flexibility index (Phi) is 5.58. The molecule has 0 saturated carbocycles. The number of carbonyl (C=O) groups excluding carboxylic acids is 1. The van der Waals surface area contributed by atoms with E-state index in [1.54, 1.807) is 13.0 Å². The zero-order valence-electron chi connectivity index (χ0n) is 15.8. The van der Waals surface area contributed by atoms with E-state index in [1.807, 2.05) is 0 Å². The molecule has 2 aromatic carbocycles. The number of phenolic OH excluding ortho intramolecular Hbond substituents is 1. The number of benzene rings is 2. The predicted octanol–water partition coefficient (Wildman–Crippen LogP) is 5.63. The van der Waals surface area contributed by atoms with Crippen LogP contribution in [-0.4, -0.2) is 22.1 Å². The maximum absolute atomic E-state index is 14.3. The van der Waals surface area contributed by atoms with Crippen LogP contribution in [0.4, 0.5) is 18.2 Å². The molecule has 0 bridgehead atoms. The maximum Gasteiger partial charge on any atom is 0.339 e. The van der Waals surface area contributed by atoms with E-state index in [4.69, 9.17) is 0 Å². The first kappa shape index (κ1) is 21.4. The largest absolute Gasteiger partial charge is 0.507 e. The molecule has 0 unspecified atom stereocenters. The third kappa shape index (κ3) is 4.16. The van der Waals surface area contributed by atoms with Crippen LogP contribution < -0.4 is 5.32 Å². The van der Waals surface area contributed by atoms with Crippen LogP contribution in [0.2, 0.25) is 0 Å². The molecule has 0 radical (unpaired) electrons. The van der Waals surface area contributed by atoms with Gasteiger partial charge in [0.25, 0.3) is 11.8 Å². The van der Waals surface area contributed by atoms with Gasteiger partial charge in [0.2, 0.25) is 0 Å². The highest BCUT2D eigenvalue weighted by atomic mass is 32.1. The molecule has 0 fully saturated rings. The van der Waals surface area contributed by atoms with Crippen molar-refractivity contribution in [2.24, 2.45) is 0 Å². The van der Waals surface area contributed by atoms with Gasteiger partial charge in [0.15, 0.2) is 0 Å². The molecule has 0 aliphatic carbocycles. The summed E-state index contributed by atoms with van der Waals surface area (Å²) in [6.45, 7) is 2.33. The van der Waals surface area contributed by atoms with Gasteiger partial charge in [-0.3, -0.25) is 4.79 Å². The Balaban J connectivity index is 2.01. The second-order valence-corrected chi connectivity index (χ2v) is 7.60. The SMILES string of the molecule is Cc1ccc(-c2csc(NC(=O)c3cc(C(C)(F)F)ccc3O)c2C(=O)O)c(F)c1. The first-order valence-electron chi connectivity index (χ1n) is 8.63. The number of carboxylic acids is 1. The monoisotopic (exact) mass is 435 g/mol. The average Bonchev–Trinajstić information content (AvgIpc) is 3.04. The third-order valence-corrected chi connectivity index (χ3v) is 5.29. The molecular formula is C21H16F3NO4S. The van der Waals surface area contributed by atoms with Crippen molar-refractivity contribution in [3.63, 3.8) is 0 Å². The molecule has 0 spiro atoms. The van der Waals surface area contributed by atoms with E-state index >= 15 is 0 Å². The van der Waals surface area contributed by atoms with Gasteiger partial charge in [0, 0.05) is 29.0 Å². The van der Waals surface area contributed by atoms with E-state index < -0.39 is 40.5 Å². The number of phenols is 1. The van der Waals surface area contributed by atoms with Crippen LogP contribution in [0.5, 0.6) is 5.75 Å². The molecule has 30 heavy (non-hydrogen) atoms. The van der Waals surface area contributed by atoms with Crippen LogP contribution in [0.1, 0.15) is 38.8 Å². The second-order valence-electron chi connectivity index (χ2n) is 6.72. The lowest BCUT2D eigenvalue weighted by atomic mass is 10.0. The Hall–Kier alpha value is -3.33. The summed E-state index contributed by atoms with van der Waals surface area (Å²) >= 11 is 0.842. The first-order chi connectivity index (χ1) is 14.0. The quantitative estimate of drug-likeness (QED) is 0.485. The van der Waals surface area contributed by atoms with Gasteiger partial charge in [0.1, 0.15) is 22.1 Å². The van der Waals surface area contributed by atoms with Crippen molar-refractivity contribution in [1.29, 1.82) is 0 Å². The number of rotatable bonds is 5. The fourth-order valence-electron chi connectivity index (χ4n) is 2.86. The van der Waals surface area contributed by atoms with E-state index in [2.05, 4.69) is 5.32 Å². The third-order valence-electron chi connectivity index (χ3n) is 4.39. The number of hydrogen-bond acceptors (Lipinski definition) is 4. The first-order valence-corrected chi connectivity index (χ1v) is 9.51. The summed E-state index contributed by atoms with van der Waals surface area (Å²) < 4.78 is 41.5. The molecule has 0 saturated heterocycles. The molecule has 5 nitrogen and oxygen atoms in total. The number of carboxylic acid groups (broad SMARTS) is 1. The number of carbonyl (C=O) groups is 2. The van der Waals surface area contributed by atoms with E-state index in [-0.39, 0.29) is 21.7 Å². The molecule has 0 atom stereocenters. The molecular weight excluding hydrogens is 419 g/mol. The number of thiophene rings is 1. The Bertz CT molecular complexity index is 1150. The average molecular weight is 435 g/mol. The number of anilines is 1. The second kappa shape index (κ2) is 7.83. The molecule has 3 N–H and O–H groups in total. The highest BCUT2D eigenvalue weighted by Crippen LogP contribution is 2.38. The molecule has 1 heterocycles. The number of aromatic hydroxyl groups is 1. The minimum absolute atomic E-state index is 0.0465. The van der Waals surface area contributed by atoms with E-state index in [1.165, 1.54) is 17.5 Å². The van der Waals surface area contributed by atoms with Gasteiger partial charge in [-0.05, 0) is 36.8 Å². The van der Waals surface area contributed by atoms with Crippen LogP contribution in [0, 0.1) is 12.7 Å². The summed E-state index contributed by atoms with van der Waals surface area (Å²) in [5.74, 6) is -6.78. The van der Waals surface area contributed by atoms with Crippen LogP contribution in [0.15, 0.2) is 41.8 Å². The Labute approximate surface area is 173 Å². The van der Waals surface area contributed by atoms with Gasteiger partial charge in [-0.25, -0.2) is 18.0 Å². The minimum atomic E-state index is -3.24. The van der Waals surface area contributed by atoms with Gasteiger partial charge in [-0.15, -0.1) is 11.3 Å². The molecule has 9 heteroatoms. The highest BCUT2D eigenvalue weighted by Gasteiger charge is 2.28. The lowest BCUT2D eigenvalue weighted by Gasteiger charge is -2.13. The Morgan fingerprint density at radius 2 is 1.80 bits per heavy atom. The lowest BCUT2D eigenvalue weighted by Crippen LogP contribution is -2.15. The molecule has 1 aromatic heterocycles. The summed E-state index contributed by atoms with van der Waals surface area (Å²) in [5.41, 5.74) is -0.504. The topological polar surface area (TPSA) is 86.6 Å². The molecule has 0 aliphatic heterocycles. The summed E-state index contributed by atoms with van der Waals surface area (Å²) in [7, 11) is 0. The number of hydrogen-bond donors (Lipinski definition) is 3. The molecule has 3 aromatic rings. The number of amides is 1. The van der Waals surface area contributed by atoms with Gasteiger partial charge < -0.3 is 15.5 Å². The van der Waals surface area contributed by atoms with E-state index in [0.29, 0.717) is 12.5 Å². The summed E-state index contributed by atoms with van der Waals surface area (Å²) in [6.07, 6.45) is 0. The van der Waals surface area contributed by atoms with Crippen molar-refractivity contribution in [3.8, 4) is 16.9 Å². The highest BCUT2D eigenvalue weighted by molar-refractivity contribution is 7.15. The maximum atomic E-state index is 14.3. The Morgan fingerprint density at radius 1 is 1.10 bits per heavy atom. The van der Waals surface area contributed by atoms with Gasteiger partial charge in [0.05, 0.1) is 5.56 Å². The van der Waals surface area contributed by atoms with Crippen molar-refractivity contribution in [2.75, 3.05) is 5.32 Å². The Morgan fingerprint density at radius 3 is 2.40 bits per heavy atom. The van der Waals surface area contributed by atoms with Crippen LogP contribution in [0.25, 0.3) is 11.1 Å². The zero-order valence-corrected chi connectivity index (χ0v) is 16.6. The minimum Gasteiger partial charge on any atom is -0.507 e. The smallest absolute Gasteiger partial charge is 0.339 e. The van der Waals surface area contributed by atoms with E-state index in [9.17, 15) is 33.0 Å². The van der Waals surface area contributed by atoms with Gasteiger partial charge in [-0.1, -0.05) is 12.1 Å². The van der Waals surface area contributed by atoms with Gasteiger partial charge >= 0.3 is 5.97 Å². The molecule has 0 aliphatic rings. The zero-order chi connectivity index (χ0) is 22.2. The fourth-order valence-corrected chi connectivity index (χ4v) is 3.81. The fraction of sp³-hybridized carbons (Fsp3) is 0.143. The lowest BCUT2D eigenvalue weighted by molar-refractivity contribution is 0.0174. The standard InChI is InChI=1S/C21H16F3NO4S/c1-10-3-5-12(15(22)7-10)14-9-30-19(17(14)20(28)29)25-18(27)13-8-11(21(2,23)24)4-6-16(13)26/h3-9,26H,1-2H3,(H,25,27)(H,28,29). The van der Waals surface area contributed by atoms with E-state index in [0.717, 1.165) is 29.5 Å². The number of nitrogens with one attached hydrogen (secondary N) is 1. The molecule has 3 rings (SSSR count). The molecule has 1 amide bonds. The number of alkyl halides is 2. The van der Waals surface area contributed by atoms with Crippen LogP contribution in [0.3, 0.4) is 0 Å². The molecule has 156 valence electrons. The van der Waals surface area contributed by atoms with Crippen molar-refractivity contribution in [1.82, 2.24) is 0 Å². The summed E-state index contributed by atoms with van der Waals surface area (Å²) in [6, 6.07) is 7.09. The van der Waals surface area contributed by atoms with Crippen LogP contribution in [-0.2, 0) is 5.92 Å². The summed E-state index contributed by atoms with van der Waals surface area (Å²) in [5, 5.41) is 23.1. The van der Waals surface area contributed by atoms with Crippen molar-refractivity contribution in [3.05, 3.63) is 69.8 Å². The van der Waals surface area contributed by atoms with Crippen molar-refractivity contribution in [2.45, 2.75) is 19.8 Å². The number of halogens is 3. The van der Waals surface area contributed by atoms with Gasteiger partial charge in [-0.2, -0.15) is 0 Å². The van der Waals surface area contributed by atoms with Crippen molar-refractivity contribution < 1.29 is 33.0 Å². The number of aromatic carboxylic acids is 1. The van der Waals surface area contributed by atoms with Crippen LogP contribution >= 0.6 is 11.3 Å². The summed E-state index contributed by atoms with van der Waals surface area (Å²) in [4.78, 5) is 24.4. The number of aryl methyl sites for hydroxylation is 1. The predicted molar refractivity (Wildman–Crippen MR) is 107 cm³/mol. The normalized spacial score (nSPS) is 11.4. The van der Waals surface area contributed by atoms with Crippen molar-refractivity contribution >= 4 is 28.2 Å².